The van der Waals surface area contributed by atoms with Crippen LogP contribution in [0.5, 0.6) is 17.2 Å². The van der Waals surface area contributed by atoms with Crippen molar-refractivity contribution in [1.29, 1.82) is 0 Å². The van der Waals surface area contributed by atoms with Crippen molar-refractivity contribution in [3.8, 4) is 17.2 Å². The van der Waals surface area contributed by atoms with E-state index in [1.165, 1.54) is 44.9 Å². The number of hydrogen-bond acceptors (Lipinski definition) is 9. The molecule has 42 heavy (non-hydrogen) atoms. The van der Waals surface area contributed by atoms with Crippen molar-refractivity contribution in [3.63, 3.8) is 0 Å². The molecule has 3 heterocycles. The van der Waals surface area contributed by atoms with Crippen molar-refractivity contribution in [1.82, 2.24) is 9.97 Å². The highest BCUT2D eigenvalue weighted by molar-refractivity contribution is 5.84. The van der Waals surface area contributed by atoms with Gasteiger partial charge in [-0.05, 0) is 68.5 Å². The molecule has 1 N–H and O–H groups in total. The van der Waals surface area contributed by atoms with Crippen LogP contribution in [0.15, 0.2) is 59.7 Å². The van der Waals surface area contributed by atoms with Gasteiger partial charge in [-0.2, -0.15) is 15.1 Å². The first-order valence-corrected chi connectivity index (χ1v) is 15.5. The minimum atomic E-state index is 0.415. The molecule has 2 fully saturated rings. The molecule has 0 aliphatic carbocycles. The number of nitrogens with one attached hydrogen (secondary N) is 1. The molecule has 0 radical (unpaired) electrons. The number of aromatic nitrogens is 2. The van der Waals surface area contributed by atoms with Gasteiger partial charge in [0, 0.05) is 37.8 Å². The summed E-state index contributed by atoms with van der Waals surface area (Å²) in [5.74, 6) is 4.86. The SMILES string of the molecule is CCCCCCOc1ccc(OCCOc2ccccc2/C=N\Nc2cc(N3CCCC3)nc(N3CCCC3)n2)cc1. The van der Waals surface area contributed by atoms with Gasteiger partial charge in [0.25, 0.3) is 0 Å². The van der Waals surface area contributed by atoms with E-state index in [4.69, 9.17) is 24.2 Å². The highest BCUT2D eigenvalue weighted by Gasteiger charge is 2.20. The summed E-state index contributed by atoms with van der Waals surface area (Å²) < 4.78 is 17.7. The monoisotopic (exact) mass is 572 g/mol. The molecule has 0 saturated carbocycles. The summed E-state index contributed by atoms with van der Waals surface area (Å²) >= 11 is 0. The molecule has 2 aliphatic rings. The fraction of sp³-hybridized carbons (Fsp3) is 0.485. The van der Waals surface area contributed by atoms with Gasteiger partial charge in [0.2, 0.25) is 5.95 Å². The molecule has 2 saturated heterocycles. The fourth-order valence-electron chi connectivity index (χ4n) is 5.19. The molecule has 0 unspecified atom stereocenters. The van der Waals surface area contributed by atoms with Gasteiger partial charge in [-0.1, -0.05) is 38.3 Å². The minimum Gasteiger partial charge on any atom is -0.494 e. The van der Waals surface area contributed by atoms with Crippen LogP contribution in [-0.2, 0) is 0 Å². The lowest BCUT2D eigenvalue weighted by Crippen LogP contribution is -2.24. The average molecular weight is 573 g/mol. The summed E-state index contributed by atoms with van der Waals surface area (Å²) in [5.41, 5.74) is 4.01. The van der Waals surface area contributed by atoms with Crippen molar-refractivity contribution >= 4 is 23.8 Å². The van der Waals surface area contributed by atoms with Gasteiger partial charge in [-0.15, -0.1) is 0 Å². The number of unbranched alkanes of at least 4 members (excludes halogenated alkanes) is 3. The van der Waals surface area contributed by atoms with Crippen LogP contribution in [0.3, 0.4) is 0 Å². The van der Waals surface area contributed by atoms with Gasteiger partial charge >= 0.3 is 0 Å². The highest BCUT2D eigenvalue weighted by atomic mass is 16.5. The molecule has 2 aliphatic heterocycles. The molecule has 9 heteroatoms. The third-order valence-electron chi connectivity index (χ3n) is 7.52. The number of hydrogen-bond donors (Lipinski definition) is 1. The number of nitrogens with zero attached hydrogens (tertiary/aromatic N) is 5. The largest absolute Gasteiger partial charge is 0.494 e. The van der Waals surface area contributed by atoms with Crippen molar-refractivity contribution in [2.24, 2.45) is 5.10 Å². The number of anilines is 3. The maximum Gasteiger partial charge on any atom is 0.229 e. The van der Waals surface area contributed by atoms with Gasteiger partial charge < -0.3 is 24.0 Å². The average Bonchev–Trinajstić information content (AvgIpc) is 3.76. The van der Waals surface area contributed by atoms with E-state index in [2.05, 4.69) is 27.3 Å². The molecule has 1 aromatic heterocycles. The zero-order chi connectivity index (χ0) is 28.8. The molecular weight excluding hydrogens is 528 g/mol. The number of ether oxygens (including phenoxy) is 3. The van der Waals surface area contributed by atoms with Crippen LogP contribution in [0.4, 0.5) is 17.6 Å². The quantitative estimate of drug-likeness (QED) is 0.118. The van der Waals surface area contributed by atoms with Gasteiger partial charge in [0.15, 0.2) is 5.82 Å². The lowest BCUT2D eigenvalue weighted by atomic mass is 10.2. The first-order valence-electron chi connectivity index (χ1n) is 15.5. The molecule has 9 nitrogen and oxygen atoms in total. The predicted octanol–water partition coefficient (Wildman–Crippen LogP) is 6.54. The Morgan fingerprint density at radius 3 is 2.17 bits per heavy atom. The molecule has 2 aromatic carbocycles. The van der Waals surface area contributed by atoms with E-state index >= 15 is 0 Å². The zero-order valence-electron chi connectivity index (χ0n) is 24.8. The van der Waals surface area contributed by atoms with E-state index < -0.39 is 0 Å². The Hall–Kier alpha value is -4.01. The Kier molecular flexibility index (Phi) is 11.1. The Morgan fingerprint density at radius 2 is 1.43 bits per heavy atom. The minimum absolute atomic E-state index is 0.415. The number of benzene rings is 2. The van der Waals surface area contributed by atoms with E-state index in [0.29, 0.717) is 19.0 Å². The Balaban J connectivity index is 1.11. The normalized spacial score (nSPS) is 15.0. The van der Waals surface area contributed by atoms with Crippen LogP contribution in [0.2, 0.25) is 0 Å². The van der Waals surface area contributed by atoms with E-state index in [1.807, 2.05) is 54.6 Å². The molecule has 0 bridgehead atoms. The third-order valence-corrected chi connectivity index (χ3v) is 7.52. The molecule has 0 amide bonds. The Morgan fingerprint density at radius 1 is 0.762 bits per heavy atom. The Bertz CT molecular complexity index is 1220. The molecule has 224 valence electrons. The Labute approximate surface area is 249 Å². The van der Waals surface area contributed by atoms with Crippen LogP contribution in [-0.4, -0.2) is 62.2 Å². The van der Waals surface area contributed by atoms with Crippen molar-refractivity contribution in [2.75, 3.05) is 61.2 Å². The van der Waals surface area contributed by atoms with Crippen LogP contribution < -0.4 is 29.4 Å². The second kappa shape index (κ2) is 15.8. The van der Waals surface area contributed by atoms with E-state index in [-0.39, 0.29) is 0 Å². The smallest absolute Gasteiger partial charge is 0.229 e. The van der Waals surface area contributed by atoms with Crippen LogP contribution in [0.1, 0.15) is 63.9 Å². The second-order valence-corrected chi connectivity index (χ2v) is 10.8. The first kappa shape index (κ1) is 29.5. The lowest BCUT2D eigenvalue weighted by Gasteiger charge is -2.21. The molecule has 3 aromatic rings. The highest BCUT2D eigenvalue weighted by Crippen LogP contribution is 2.26. The summed E-state index contributed by atoms with van der Waals surface area (Å²) in [6.45, 7) is 7.88. The summed E-state index contributed by atoms with van der Waals surface area (Å²) in [6.07, 6.45) is 11.3. The first-order chi connectivity index (χ1) is 20.8. The van der Waals surface area contributed by atoms with Gasteiger partial charge in [0.1, 0.15) is 36.3 Å². The van der Waals surface area contributed by atoms with Gasteiger partial charge in [-0.3, -0.25) is 5.43 Å². The van der Waals surface area contributed by atoms with Crippen LogP contribution in [0.25, 0.3) is 0 Å². The second-order valence-electron chi connectivity index (χ2n) is 10.8. The number of hydrazone groups is 1. The zero-order valence-corrected chi connectivity index (χ0v) is 24.8. The summed E-state index contributed by atoms with van der Waals surface area (Å²) in [4.78, 5) is 14.2. The van der Waals surface area contributed by atoms with Crippen molar-refractivity contribution in [2.45, 2.75) is 58.3 Å². The van der Waals surface area contributed by atoms with Crippen molar-refractivity contribution in [3.05, 3.63) is 60.2 Å². The molecule has 0 spiro atoms. The van der Waals surface area contributed by atoms with E-state index in [9.17, 15) is 0 Å². The number of rotatable bonds is 16. The maximum absolute atomic E-state index is 6.04. The molecule has 0 atom stereocenters. The number of para-hydroxylation sites is 1. The predicted molar refractivity (Wildman–Crippen MR) is 170 cm³/mol. The molecule has 5 rings (SSSR count). The topological polar surface area (TPSA) is 84.3 Å². The standard InChI is InChI=1S/C33H44N6O3/c1-2-3-4-11-22-40-28-14-16-29(17-15-28)41-23-24-42-30-13-6-5-12-27(30)26-34-37-31-25-32(38-18-7-8-19-38)36-33(35-31)39-20-9-10-21-39/h5-6,12-17,25-26H,2-4,7-11,18-24H2,1H3,(H,35,36,37)/b34-26-. The summed E-state index contributed by atoms with van der Waals surface area (Å²) in [7, 11) is 0. The van der Waals surface area contributed by atoms with E-state index in [1.54, 1.807) is 6.21 Å². The lowest BCUT2D eigenvalue weighted by molar-refractivity contribution is 0.216. The van der Waals surface area contributed by atoms with Crippen LogP contribution in [0, 0.1) is 0 Å². The van der Waals surface area contributed by atoms with E-state index in [0.717, 1.165) is 73.8 Å². The maximum atomic E-state index is 6.04. The third kappa shape index (κ3) is 8.74. The summed E-state index contributed by atoms with van der Waals surface area (Å²) in [5, 5.41) is 4.50. The van der Waals surface area contributed by atoms with Gasteiger partial charge in [-0.25, -0.2) is 0 Å². The van der Waals surface area contributed by atoms with Crippen molar-refractivity contribution < 1.29 is 14.2 Å². The fourth-order valence-corrected chi connectivity index (χ4v) is 5.19. The molecular formula is C33H44N6O3. The summed E-state index contributed by atoms with van der Waals surface area (Å²) in [6, 6.07) is 17.6. The van der Waals surface area contributed by atoms with Crippen LogP contribution >= 0.6 is 0 Å². The van der Waals surface area contributed by atoms with Gasteiger partial charge in [0.05, 0.1) is 12.8 Å².